The first kappa shape index (κ1) is 25.6. The molecule has 1 aromatic heterocycles. The van der Waals surface area contributed by atoms with Crippen LogP contribution in [0.15, 0.2) is 40.0 Å². The number of nitrogens with zero attached hydrogens (tertiary/aromatic N) is 3. The number of rotatable bonds is 8. The third-order valence-electron chi connectivity index (χ3n) is 4.73. The number of halogens is 3. The smallest absolute Gasteiger partial charge is 0.234 e. The first-order valence-corrected chi connectivity index (χ1v) is 12.6. The summed E-state index contributed by atoms with van der Waals surface area (Å²) in [6.07, 6.45) is 0.0329. The fraction of sp³-hybridized carbons (Fsp3) is 0.273. The third-order valence-corrected chi connectivity index (χ3v) is 6.89. The molecule has 0 bridgehead atoms. The number of carbonyl (C=O) groups excluding carboxylic acids is 2. The number of hydrogen-bond acceptors (Lipinski definition) is 5. The highest BCUT2D eigenvalue weighted by Crippen LogP contribution is 2.27. The second-order valence-corrected chi connectivity index (χ2v) is 9.92. The van der Waals surface area contributed by atoms with Gasteiger partial charge in [-0.05, 0) is 62.2 Å². The molecule has 33 heavy (non-hydrogen) atoms. The van der Waals surface area contributed by atoms with Gasteiger partial charge in [-0.15, -0.1) is 10.2 Å². The van der Waals surface area contributed by atoms with Gasteiger partial charge < -0.3 is 15.2 Å². The minimum Gasteiger partial charge on any atom is -0.326 e. The lowest BCUT2D eigenvalue weighted by molar-refractivity contribution is -0.116. The molecule has 3 rings (SSSR count). The summed E-state index contributed by atoms with van der Waals surface area (Å²) in [7, 11) is 0. The number of hydrogen-bond donors (Lipinski definition) is 2. The molecule has 1 heterocycles. The average molecular weight is 571 g/mol. The van der Waals surface area contributed by atoms with E-state index in [-0.39, 0.29) is 24.0 Å². The summed E-state index contributed by atoms with van der Waals surface area (Å²) in [5, 5.41) is 15.4. The Morgan fingerprint density at radius 3 is 2.36 bits per heavy atom. The summed E-state index contributed by atoms with van der Waals surface area (Å²) in [6.45, 7) is 6.40. The predicted octanol–water partition coefficient (Wildman–Crippen LogP) is 5.90. The number of nitrogens with one attached hydrogen (secondary N) is 2. The van der Waals surface area contributed by atoms with Crippen LogP contribution in [0.5, 0.6) is 0 Å². The summed E-state index contributed by atoms with van der Waals surface area (Å²) in [5.74, 6) is 0.282. The lowest BCUT2D eigenvalue weighted by Crippen LogP contribution is -2.18. The van der Waals surface area contributed by atoms with Crippen LogP contribution in [0.25, 0.3) is 0 Å². The van der Waals surface area contributed by atoms with E-state index in [1.165, 1.54) is 11.8 Å². The molecular weight excluding hydrogens is 549 g/mol. The Labute approximate surface area is 214 Å². The number of thioether (sulfide) groups is 1. The molecule has 0 saturated heterocycles. The Morgan fingerprint density at radius 2 is 1.73 bits per heavy atom. The maximum absolute atomic E-state index is 12.5. The van der Waals surface area contributed by atoms with E-state index < -0.39 is 0 Å². The molecule has 2 aromatic carbocycles. The standard InChI is InChI=1S/C22H22BrCl2N5O2S/c1-4-30-18(10-19(31)26-15-5-6-16(24)17(25)9-15)28-29-22(30)33-11-20(32)27-21-12(2)7-14(23)8-13(21)3/h5-9H,4,10-11H2,1-3H3,(H,26,31)(H,27,32). The second kappa shape index (κ2) is 11.4. The zero-order valence-electron chi connectivity index (χ0n) is 18.2. The normalized spacial score (nSPS) is 10.8. The van der Waals surface area contributed by atoms with E-state index in [0.29, 0.717) is 33.3 Å². The van der Waals surface area contributed by atoms with E-state index in [4.69, 9.17) is 23.2 Å². The quantitative estimate of drug-likeness (QED) is 0.329. The molecule has 7 nitrogen and oxygen atoms in total. The SMILES string of the molecule is CCn1c(CC(=O)Nc2ccc(Cl)c(Cl)c2)nnc1SCC(=O)Nc1c(C)cc(Br)cc1C. The van der Waals surface area contributed by atoms with E-state index in [0.717, 1.165) is 21.3 Å². The molecule has 11 heteroatoms. The lowest BCUT2D eigenvalue weighted by Gasteiger charge is -2.12. The van der Waals surface area contributed by atoms with Crippen molar-refractivity contribution in [1.29, 1.82) is 0 Å². The number of amides is 2. The number of benzene rings is 2. The molecule has 0 saturated carbocycles. The van der Waals surface area contributed by atoms with Gasteiger partial charge in [0.25, 0.3) is 0 Å². The summed E-state index contributed by atoms with van der Waals surface area (Å²) >= 11 is 16.6. The number of anilines is 2. The number of aryl methyl sites for hydroxylation is 2. The van der Waals surface area contributed by atoms with E-state index in [1.807, 2.05) is 37.5 Å². The van der Waals surface area contributed by atoms with Crippen molar-refractivity contribution >= 4 is 74.1 Å². The zero-order valence-corrected chi connectivity index (χ0v) is 22.1. The first-order valence-electron chi connectivity index (χ1n) is 10.0. The van der Waals surface area contributed by atoms with Gasteiger partial charge in [-0.2, -0.15) is 0 Å². The number of aromatic nitrogens is 3. The highest BCUT2D eigenvalue weighted by atomic mass is 79.9. The van der Waals surface area contributed by atoms with Crippen LogP contribution < -0.4 is 10.6 Å². The van der Waals surface area contributed by atoms with Crippen LogP contribution in [-0.4, -0.2) is 32.3 Å². The van der Waals surface area contributed by atoms with Gasteiger partial charge in [0.2, 0.25) is 11.8 Å². The van der Waals surface area contributed by atoms with E-state index in [9.17, 15) is 9.59 Å². The summed E-state index contributed by atoms with van der Waals surface area (Å²) in [5.41, 5.74) is 3.31. The molecule has 0 atom stereocenters. The molecule has 174 valence electrons. The minimum atomic E-state index is -0.258. The summed E-state index contributed by atoms with van der Waals surface area (Å²) < 4.78 is 2.79. The third kappa shape index (κ3) is 6.72. The maximum atomic E-state index is 12.5. The molecule has 3 aromatic rings. The van der Waals surface area contributed by atoms with Crippen LogP contribution in [-0.2, 0) is 22.6 Å². The monoisotopic (exact) mass is 569 g/mol. The Morgan fingerprint density at radius 1 is 1.03 bits per heavy atom. The molecule has 2 amide bonds. The lowest BCUT2D eigenvalue weighted by atomic mass is 10.1. The van der Waals surface area contributed by atoms with E-state index >= 15 is 0 Å². The van der Waals surface area contributed by atoms with Crippen molar-refractivity contribution in [3.05, 3.63) is 61.8 Å². The fourth-order valence-electron chi connectivity index (χ4n) is 3.21. The second-order valence-electron chi connectivity index (χ2n) is 7.25. The summed E-state index contributed by atoms with van der Waals surface area (Å²) in [6, 6.07) is 8.79. The van der Waals surface area contributed by atoms with Crippen molar-refractivity contribution in [2.75, 3.05) is 16.4 Å². The summed E-state index contributed by atoms with van der Waals surface area (Å²) in [4.78, 5) is 25.0. The van der Waals surface area contributed by atoms with E-state index in [2.05, 4.69) is 36.8 Å². The molecule has 0 radical (unpaired) electrons. The molecule has 0 unspecified atom stereocenters. The van der Waals surface area contributed by atoms with Crippen LogP contribution in [0.2, 0.25) is 10.0 Å². The van der Waals surface area contributed by atoms with Gasteiger partial charge in [-0.25, -0.2) is 0 Å². The van der Waals surface area contributed by atoms with Crippen molar-refractivity contribution < 1.29 is 9.59 Å². The van der Waals surface area contributed by atoms with Gasteiger partial charge in [-0.3, -0.25) is 9.59 Å². The Balaban J connectivity index is 1.61. The molecule has 2 N–H and O–H groups in total. The number of carbonyl (C=O) groups is 2. The van der Waals surface area contributed by atoms with Gasteiger partial charge in [0, 0.05) is 22.4 Å². The van der Waals surface area contributed by atoms with Crippen LogP contribution in [0.4, 0.5) is 11.4 Å². The molecule has 0 spiro atoms. The van der Waals surface area contributed by atoms with Crippen molar-refractivity contribution in [2.45, 2.75) is 38.9 Å². The molecule has 0 aliphatic carbocycles. The van der Waals surface area contributed by atoms with Crippen LogP contribution in [0.1, 0.15) is 23.9 Å². The highest BCUT2D eigenvalue weighted by Gasteiger charge is 2.17. The Hall–Kier alpha value is -2.07. The Kier molecular flexibility index (Phi) is 8.81. The molecule has 0 aliphatic heterocycles. The van der Waals surface area contributed by atoms with Gasteiger partial charge in [0.05, 0.1) is 22.2 Å². The zero-order chi connectivity index (χ0) is 24.1. The van der Waals surface area contributed by atoms with Gasteiger partial charge in [0.1, 0.15) is 5.82 Å². The average Bonchev–Trinajstić information content (AvgIpc) is 3.13. The van der Waals surface area contributed by atoms with Crippen molar-refractivity contribution in [3.63, 3.8) is 0 Å². The van der Waals surface area contributed by atoms with Crippen molar-refractivity contribution in [1.82, 2.24) is 14.8 Å². The molecule has 0 fully saturated rings. The van der Waals surface area contributed by atoms with Crippen molar-refractivity contribution in [2.24, 2.45) is 0 Å². The fourth-order valence-corrected chi connectivity index (χ4v) is 5.02. The van der Waals surface area contributed by atoms with Crippen molar-refractivity contribution in [3.8, 4) is 0 Å². The van der Waals surface area contributed by atoms with Gasteiger partial charge in [0.15, 0.2) is 5.16 Å². The first-order chi connectivity index (χ1) is 15.7. The Bertz CT molecular complexity index is 1180. The predicted molar refractivity (Wildman–Crippen MR) is 137 cm³/mol. The topological polar surface area (TPSA) is 88.9 Å². The minimum absolute atomic E-state index is 0.0329. The van der Waals surface area contributed by atoms with Crippen LogP contribution in [0.3, 0.4) is 0 Å². The highest BCUT2D eigenvalue weighted by molar-refractivity contribution is 9.10. The van der Waals surface area contributed by atoms with Gasteiger partial charge in [-0.1, -0.05) is 50.9 Å². The van der Waals surface area contributed by atoms with E-state index in [1.54, 1.807) is 18.2 Å². The maximum Gasteiger partial charge on any atom is 0.234 e. The molecule has 0 aliphatic rings. The van der Waals surface area contributed by atoms with Gasteiger partial charge >= 0.3 is 0 Å². The largest absolute Gasteiger partial charge is 0.326 e. The van der Waals surface area contributed by atoms with Crippen LogP contribution in [0, 0.1) is 13.8 Å². The van der Waals surface area contributed by atoms with Crippen LogP contribution >= 0.6 is 50.9 Å². The molecular formula is C22H22BrCl2N5O2S.